The Morgan fingerprint density at radius 3 is 2.48 bits per heavy atom. The number of urea groups is 1. The number of carbonyl (C=O) groups is 2. The van der Waals surface area contributed by atoms with Crippen LogP contribution in [0.4, 0.5) is 4.79 Å². The molecule has 0 saturated carbocycles. The lowest BCUT2D eigenvalue weighted by Gasteiger charge is -2.15. The lowest BCUT2D eigenvalue weighted by atomic mass is 10.1. The average Bonchev–Trinajstić information content (AvgIpc) is 2.66. The standard InChI is InChI=1S/C20H17Cl2N3O4/c1-2-28-17-9-13(7-14(10-23)19(26)25-20(24)27)8-16(22)18(17)29-11-12-3-5-15(21)6-4-12/h3-9H,2,11H2,1H3,(H3,24,25,26,27)/b14-7-. The molecule has 2 aromatic carbocycles. The zero-order valence-corrected chi connectivity index (χ0v) is 16.9. The molecule has 2 rings (SSSR count). The van der Waals surface area contributed by atoms with Gasteiger partial charge in [-0.05, 0) is 48.4 Å². The highest BCUT2D eigenvalue weighted by Crippen LogP contribution is 2.38. The summed E-state index contributed by atoms with van der Waals surface area (Å²) < 4.78 is 11.4. The molecule has 29 heavy (non-hydrogen) atoms. The molecular formula is C20H17Cl2N3O4. The van der Waals surface area contributed by atoms with Crippen molar-refractivity contribution < 1.29 is 19.1 Å². The van der Waals surface area contributed by atoms with Crippen LogP contribution in [0.3, 0.4) is 0 Å². The number of nitriles is 1. The van der Waals surface area contributed by atoms with E-state index in [0.717, 1.165) is 5.56 Å². The van der Waals surface area contributed by atoms with Crippen LogP contribution in [0.2, 0.25) is 10.0 Å². The minimum atomic E-state index is -1.06. The summed E-state index contributed by atoms with van der Waals surface area (Å²) >= 11 is 12.2. The van der Waals surface area contributed by atoms with Crippen LogP contribution in [0.1, 0.15) is 18.1 Å². The third-order valence-electron chi connectivity index (χ3n) is 3.54. The van der Waals surface area contributed by atoms with E-state index in [4.69, 9.17) is 43.7 Å². The van der Waals surface area contributed by atoms with Gasteiger partial charge in [-0.3, -0.25) is 10.1 Å². The molecule has 9 heteroatoms. The minimum Gasteiger partial charge on any atom is -0.490 e. The number of amides is 3. The molecule has 0 atom stereocenters. The van der Waals surface area contributed by atoms with Gasteiger partial charge < -0.3 is 15.2 Å². The van der Waals surface area contributed by atoms with Crippen molar-refractivity contribution >= 4 is 41.2 Å². The summed E-state index contributed by atoms with van der Waals surface area (Å²) in [5.41, 5.74) is 5.87. The lowest BCUT2D eigenvalue weighted by Crippen LogP contribution is -2.35. The molecule has 0 fully saturated rings. The second-order valence-electron chi connectivity index (χ2n) is 5.67. The molecular weight excluding hydrogens is 417 g/mol. The van der Waals surface area contributed by atoms with Gasteiger partial charge in [0, 0.05) is 5.02 Å². The molecule has 3 amide bonds. The molecule has 0 aromatic heterocycles. The summed E-state index contributed by atoms with van der Waals surface area (Å²) in [6.07, 6.45) is 1.26. The number of carbonyl (C=O) groups excluding carboxylic acids is 2. The van der Waals surface area contributed by atoms with E-state index in [1.165, 1.54) is 12.1 Å². The lowest BCUT2D eigenvalue weighted by molar-refractivity contribution is -0.115. The molecule has 0 aliphatic carbocycles. The Morgan fingerprint density at radius 2 is 1.90 bits per heavy atom. The van der Waals surface area contributed by atoms with Crippen LogP contribution in [0, 0.1) is 11.3 Å². The SMILES string of the molecule is CCOc1cc(/C=C(/C#N)C(=O)NC(N)=O)cc(Cl)c1OCc1ccc(Cl)cc1. The van der Waals surface area contributed by atoms with Crippen LogP contribution in [0.15, 0.2) is 42.0 Å². The number of imide groups is 1. The van der Waals surface area contributed by atoms with Crippen molar-refractivity contribution in [1.29, 1.82) is 5.26 Å². The van der Waals surface area contributed by atoms with Crippen LogP contribution < -0.4 is 20.5 Å². The zero-order chi connectivity index (χ0) is 21.4. The first-order valence-corrected chi connectivity index (χ1v) is 9.15. The van der Waals surface area contributed by atoms with Crippen molar-refractivity contribution in [2.75, 3.05) is 6.61 Å². The van der Waals surface area contributed by atoms with Crippen LogP contribution in [-0.4, -0.2) is 18.5 Å². The molecule has 0 aliphatic heterocycles. The summed E-state index contributed by atoms with van der Waals surface area (Å²) in [6, 6.07) is 10.9. The Morgan fingerprint density at radius 1 is 1.21 bits per heavy atom. The highest BCUT2D eigenvalue weighted by atomic mass is 35.5. The van der Waals surface area contributed by atoms with E-state index in [0.29, 0.717) is 28.7 Å². The van der Waals surface area contributed by atoms with E-state index in [1.807, 2.05) is 17.4 Å². The van der Waals surface area contributed by atoms with Gasteiger partial charge >= 0.3 is 6.03 Å². The second-order valence-corrected chi connectivity index (χ2v) is 6.51. The Bertz CT molecular complexity index is 982. The monoisotopic (exact) mass is 433 g/mol. The number of hydrogen-bond acceptors (Lipinski definition) is 5. The van der Waals surface area contributed by atoms with Crippen molar-refractivity contribution in [2.45, 2.75) is 13.5 Å². The maximum absolute atomic E-state index is 11.8. The molecule has 0 aliphatic rings. The highest BCUT2D eigenvalue weighted by molar-refractivity contribution is 6.32. The van der Waals surface area contributed by atoms with Gasteiger partial charge in [-0.2, -0.15) is 5.26 Å². The molecule has 150 valence electrons. The molecule has 3 N–H and O–H groups in total. The molecule has 0 heterocycles. The highest BCUT2D eigenvalue weighted by Gasteiger charge is 2.15. The molecule has 0 saturated heterocycles. The number of hydrogen-bond donors (Lipinski definition) is 2. The second kappa shape index (κ2) is 10.4. The number of ether oxygens (including phenoxy) is 2. The van der Waals surface area contributed by atoms with Crippen molar-refractivity contribution in [3.05, 3.63) is 63.1 Å². The summed E-state index contributed by atoms with van der Waals surface area (Å²) in [7, 11) is 0. The predicted molar refractivity (Wildman–Crippen MR) is 110 cm³/mol. The van der Waals surface area contributed by atoms with E-state index in [-0.39, 0.29) is 17.2 Å². The Kier molecular flexibility index (Phi) is 7.89. The van der Waals surface area contributed by atoms with E-state index in [9.17, 15) is 9.59 Å². The zero-order valence-electron chi connectivity index (χ0n) is 15.4. The smallest absolute Gasteiger partial charge is 0.319 e. The number of nitrogens with one attached hydrogen (secondary N) is 1. The van der Waals surface area contributed by atoms with Gasteiger partial charge in [-0.1, -0.05) is 35.3 Å². The number of benzene rings is 2. The quantitative estimate of drug-likeness (QED) is 0.504. The van der Waals surface area contributed by atoms with E-state index in [1.54, 1.807) is 31.2 Å². The fraction of sp³-hybridized carbons (Fsp3) is 0.150. The van der Waals surface area contributed by atoms with E-state index >= 15 is 0 Å². The first-order chi connectivity index (χ1) is 13.8. The van der Waals surface area contributed by atoms with Crippen molar-refractivity contribution in [1.82, 2.24) is 5.32 Å². The Hall–Kier alpha value is -3.21. The minimum absolute atomic E-state index is 0.226. The molecule has 7 nitrogen and oxygen atoms in total. The fourth-order valence-corrected chi connectivity index (χ4v) is 2.70. The number of nitrogens with two attached hydrogens (primary N) is 1. The first kappa shape index (κ1) is 22.1. The maximum Gasteiger partial charge on any atom is 0.319 e. The van der Waals surface area contributed by atoms with Gasteiger partial charge in [0.1, 0.15) is 18.2 Å². The Balaban J connectivity index is 2.32. The number of nitrogens with zero attached hydrogens (tertiary/aromatic N) is 1. The van der Waals surface area contributed by atoms with Crippen molar-refractivity contribution in [2.24, 2.45) is 5.73 Å². The Labute approximate surface area is 177 Å². The van der Waals surface area contributed by atoms with Gasteiger partial charge in [-0.15, -0.1) is 0 Å². The van der Waals surface area contributed by atoms with Gasteiger partial charge in [-0.25, -0.2) is 4.79 Å². The van der Waals surface area contributed by atoms with E-state index in [2.05, 4.69) is 0 Å². The number of primary amides is 1. The predicted octanol–water partition coefficient (Wildman–Crippen LogP) is 4.07. The fourth-order valence-electron chi connectivity index (χ4n) is 2.30. The third kappa shape index (κ3) is 6.42. The third-order valence-corrected chi connectivity index (χ3v) is 4.07. The van der Waals surface area contributed by atoms with Crippen LogP contribution in [-0.2, 0) is 11.4 Å². The largest absolute Gasteiger partial charge is 0.490 e. The van der Waals surface area contributed by atoms with Crippen LogP contribution in [0.5, 0.6) is 11.5 Å². The number of halogens is 2. The molecule has 0 spiro atoms. The van der Waals surface area contributed by atoms with Gasteiger partial charge in [0.2, 0.25) is 0 Å². The molecule has 0 unspecified atom stereocenters. The normalized spacial score (nSPS) is 10.8. The van der Waals surface area contributed by atoms with Gasteiger partial charge in [0.15, 0.2) is 11.5 Å². The van der Waals surface area contributed by atoms with Crippen LogP contribution in [0.25, 0.3) is 6.08 Å². The average molecular weight is 434 g/mol. The summed E-state index contributed by atoms with van der Waals surface area (Å²) in [5, 5.41) is 11.8. The summed E-state index contributed by atoms with van der Waals surface area (Å²) in [6.45, 7) is 2.37. The molecule has 2 aromatic rings. The van der Waals surface area contributed by atoms with Gasteiger partial charge in [0.25, 0.3) is 5.91 Å². The van der Waals surface area contributed by atoms with E-state index < -0.39 is 11.9 Å². The summed E-state index contributed by atoms with van der Waals surface area (Å²) in [4.78, 5) is 22.7. The molecule has 0 bridgehead atoms. The first-order valence-electron chi connectivity index (χ1n) is 8.40. The topological polar surface area (TPSA) is 114 Å². The summed E-state index contributed by atoms with van der Waals surface area (Å²) in [5.74, 6) is -0.259. The maximum atomic E-state index is 11.8. The van der Waals surface area contributed by atoms with Crippen molar-refractivity contribution in [3.8, 4) is 17.6 Å². The van der Waals surface area contributed by atoms with Crippen LogP contribution >= 0.6 is 23.2 Å². The van der Waals surface area contributed by atoms with Crippen molar-refractivity contribution in [3.63, 3.8) is 0 Å². The molecule has 0 radical (unpaired) electrons. The number of rotatable bonds is 7. The van der Waals surface area contributed by atoms with Gasteiger partial charge in [0.05, 0.1) is 11.6 Å².